The van der Waals surface area contributed by atoms with Gasteiger partial charge in [-0.05, 0) is 11.0 Å². The lowest BCUT2D eigenvalue weighted by molar-refractivity contribution is -0.120. The van der Waals surface area contributed by atoms with Crippen molar-refractivity contribution in [2.75, 3.05) is 0 Å². The maximum absolute atomic E-state index is 11.5. The van der Waals surface area contributed by atoms with E-state index < -0.39 is 18.0 Å². The summed E-state index contributed by atoms with van der Waals surface area (Å²) in [5, 5.41) is 12.2. The Bertz CT molecular complexity index is 442. The molecule has 0 spiro atoms. The van der Waals surface area contributed by atoms with Gasteiger partial charge in [-0.25, -0.2) is 0 Å². The predicted octanol–water partition coefficient (Wildman–Crippen LogP) is 1.74. The number of hydrogen-bond donors (Lipinski definition) is 2. The normalized spacial score (nSPS) is 14.6. The highest BCUT2D eigenvalue weighted by atomic mass is 16.1. The molecule has 1 amide bonds. The maximum atomic E-state index is 11.5. The minimum absolute atomic E-state index is 0.267. The highest BCUT2D eigenvalue weighted by Crippen LogP contribution is 2.22. The molecule has 4 heteroatoms. The first-order valence-corrected chi connectivity index (χ1v) is 5.86. The first-order chi connectivity index (χ1) is 8.36. The lowest BCUT2D eigenvalue weighted by Crippen LogP contribution is -2.45. The largest absolute Gasteiger partial charge is 0.368 e. The van der Waals surface area contributed by atoms with Crippen molar-refractivity contribution in [3.8, 4) is 6.07 Å². The zero-order valence-corrected chi connectivity index (χ0v) is 11.0. The van der Waals surface area contributed by atoms with Crippen LogP contribution in [0.3, 0.4) is 0 Å². The molecule has 1 aromatic carbocycles. The van der Waals surface area contributed by atoms with Crippen molar-refractivity contribution in [1.82, 2.24) is 5.32 Å². The van der Waals surface area contributed by atoms with Crippen LogP contribution in [0.25, 0.3) is 0 Å². The van der Waals surface area contributed by atoms with Gasteiger partial charge in [-0.15, -0.1) is 0 Å². The Morgan fingerprint density at radius 2 is 1.89 bits per heavy atom. The summed E-state index contributed by atoms with van der Waals surface area (Å²) < 4.78 is 0. The number of nitrogens with zero attached hydrogens (tertiary/aromatic N) is 1. The molecule has 1 aromatic rings. The van der Waals surface area contributed by atoms with Gasteiger partial charge in [0.1, 0.15) is 12.1 Å². The molecule has 0 fully saturated rings. The SMILES string of the molecule is CC(C)(C)[C@@H](C#N)N[C@@H](C(N)=O)c1ccccc1. The second kappa shape index (κ2) is 5.65. The highest BCUT2D eigenvalue weighted by molar-refractivity contribution is 5.81. The van der Waals surface area contributed by atoms with Gasteiger partial charge in [0.2, 0.25) is 5.91 Å². The van der Waals surface area contributed by atoms with Crippen LogP contribution in [0.2, 0.25) is 0 Å². The molecule has 0 unspecified atom stereocenters. The van der Waals surface area contributed by atoms with Crippen LogP contribution < -0.4 is 11.1 Å². The van der Waals surface area contributed by atoms with Gasteiger partial charge in [-0.3, -0.25) is 10.1 Å². The van der Waals surface area contributed by atoms with Crippen molar-refractivity contribution in [3.05, 3.63) is 35.9 Å². The predicted molar refractivity (Wildman–Crippen MR) is 70.4 cm³/mol. The van der Waals surface area contributed by atoms with Crippen LogP contribution in [0, 0.1) is 16.7 Å². The first kappa shape index (κ1) is 14.2. The molecular formula is C14H19N3O. The fourth-order valence-corrected chi connectivity index (χ4v) is 1.64. The lowest BCUT2D eigenvalue weighted by Gasteiger charge is -2.29. The first-order valence-electron chi connectivity index (χ1n) is 5.86. The summed E-state index contributed by atoms with van der Waals surface area (Å²) in [5.74, 6) is -0.481. The average Bonchev–Trinajstić information content (AvgIpc) is 2.29. The third kappa shape index (κ3) is 3.57. The van der Waals surface area contributed by atoms with E-state index in [1.54, 1.807) is 0 Å². The summed E-state index contributed by atoms with van der Waals surface area (Å²) >= 11 is 0. The number of hydrogen-bond acceptors (Lipinski definition) is 3. The molecule has 0 aliphatic rings. The average molecular weight is 245 g/mol. The smallest absolute Gasteiger partial charge is 0.239 e. The molecule has 1 rings (SSSR count). The summed E-state index contributed by atoms with van der Waals surface area (Å²) in [6.45, 7) is 5.82. The molecule has 18 heavy (non-hydrogen) atoms. The molecule has 96 valence electrons. The number of benzene rings is 1. The number of nitrogens with one attached hydrogen (secondary N) is 1. The van der Waals surface area contributed by atoms with E-state index in [1.807, 2.05) is 51.1 Å². The second-order valence-electron chi connectivity index (χ2n) is 5.34. The Morgan fingerprint density at radius 3 is 2.28 bits per heavy atom. The summed E-state index contributed by atoms with van der Waals surface area (Å²) in [4.78, 5) is 11.5. The fourth-order valence-electron chi connectivity index (χ4n) is 1.64. The van der Waals surface area contributed by atoms with Crippen LogP contribution in [-0.4, -0.2) is 11.9 Å². The molecule has 0 bridgehead atoms. The summed E-state index contributed by atoms with van der Waals surface area (Å²) in [6, 6.07) is 10.3. The number of carbonyl (C=O) groups is 1. The highest BCUT2D eigenvalue weighted by Gasteiger charge is 2.29. The van der Waals surface area contributed by atoms with Gasteiger partial charge < -0.3 is 5.73 Å². The molecule has 2 atom stereocenters. The second-order valence-corrected chi connectivity index (χ2v) is 5.34. The summed E-state index contributed by atoms with van der Waals surface area (Å²) in [7, 11) is 0. The lowest BCUT2D eigenvalue weighted by atomic mass is 9.86. The molecule has 0 aromatic heterocycles. The van der Waals surface area contributed by atoms with Gasteiger partial charge in [-0.2, -0.15) is 5.26 Å². The zero-order chi connectivity index (χ0) is 13.8. The molecule has 0 radical (unpaired) electrons. The van der Waals surface area contributed by atoms with Gasteiger partial charge in [0.05, 0.1) is 6.07 Å². The van der Waals surface area contributed by atoms with Crippen molar-refractivity contribution in [3.63, 3.8) is 0 Å². The quantitative estimate of drug-likeness (QED) is 0.848. The number of nitrogens with two attached hydrogens (primary N) is 1. The summed E-state index contributed by atoms with van der Waals surface area (Å²) in [6.07, 6.45) is 0. The standard InChI is InChI=1S/C14H19N3O/c1-14(2,3)11(9-15)17-12(13(16)18)10-7-5-4-6-8-10/h4-8,11-12,17H,1-3H3,(H2,16,18)/t11-,12-/m1/s1. The number of rotatable bonds is 4. The Balaban J connectivity index is 2.96. The number of carbonyl (C=O) groups excluding carboxylic acids is 1. The topological polar surface area (TPSA) is 78.9 Å². The van der Waals surface area contributed by atoms with Crippen LogP contribution in [-0.2, 0) is 4.79 Å². The minimum Gasteiger partial charge on any atom is -0.368 e. The van der Waals surface area contributed by atoms with Crippen LogP contribution in [0.4, 0.5) is 0 Å². The number of amides is 1. The van der Waals surface area contributed by atoms with E-state index in [0.717, 1.165) is 5.56 Å². The molecule has 0 aliphatic carbocycles. The Labute approximate surface area is 108 Å². The summed E-state index contributed by atoms with van der Waals surface area (Å²) in [5.41, 5.74) is 5.91. The van der Waals surface area contributed by atoms with Crippen LogP contribution >= 0.6 is 0 Å². The third-order valence-corrected chi connectivity index (χ3v) is 2.75. The van der Waals surface area contributed by atoms with Gasteiger partial charge >= 0.3 is 0 Å². The maximum Gasteiger partial charge on any atom is 0.239 e. The van der Waals surface area contributed by atoms with Crippen molar-refractivity contribution >= 4 is 5.91 Å². The number of primary amides is 1. The van der Waals surface area contributed by atoms with Gasteiger partial charge in [0, 0.05) is 0 Å². The third-order valence-electron chi connectivity index (χ3n) is 2.75. The van der Waals surface area contributed by atoms with E-state index in [1.165, 1.54) is 0 Å². The van der Waals surface area contributed by atoms with E-state index in [0.29, 0.717) is 0 Å². The van der Waals surface area contributed by atoms with Crippen LogP contribution in [0.1, 0.15) is 32.4 Å². The van der Waals surface area contributed by atoms with Gasteiger partial charge in [-0.1, -0.05) is 51.1 Å². The van der Waals surface area contributed by atoms with Crippen molar-refractivity contribution < 1.29 is 4.79 Å². The Morgan fingerprint density at radius 1 is 1.33 bits per heavy atom. The molecule has 0 saturated heterocycles. The van der Waals surface area contributed by atoms with E-state index >= 15 is 0 Å². The van der Waals surface area contributed by atoms with Crippen molar-refractivity contribution in [2.24, 2.45) is 11.1 Å². The van der Waals surface area contributed by atoms with E-state index in [9.17, 15) is 10.1 Å². The van der Waals surface area contributed by atoms with Crippen LogP contribution in [0.5, 0.6) is 0 Å². The van der Waals surface area contributed by atoms with Gasteiger partial charge in [0.15, 0.2) is 0 Å². The minimum atomic E-state index is -0.643. The monoisotopic (exact) mass is 245 g/mol. The molecule has 0 aliphatic heterocycles. The van der Waals surface area contributed by atoms with E-state index in [-0.39, 0.29) is 5.41 Å². The van der Waals surface area contributed by atoms with Crippen molar-refractivity contribution in [1.29, 1.82) is 5.26 Å². The molecule has 0 saturated carbocycles. The van der Waals surface area contributed by atoms with Crippen molar-refractivity contribution in [2.45, 2.75) is 32.9 Å². The Kier molecular flexibility index (Phi) is 4.46. The number of nitriles is 1. The Hall–Kier alpha value is -1.86. The zero-order valence-electron chi connectivity index (χ0n) is 11.0. The molecular weight excluding hydrogens is 226 g/mol. The molecule has 0 heterocycles. The van der Waals surface area contributed by atoms with Gasteiger partial charge in [0.25, 0.3) is 0 Å². The van der Waals surface area contributed by atoms with E-state index in [4.69, 9.17) is 5.73 Å². The fraction of sp³-hybridized carbons (Fsp3) is 0.429. The molecule has 4 nitrogen and oxygen atoms in total. The van der Waals surface area contributed by atoms with E-state index in [2.05, 4.69) is 11.4 Å². The molecule has 3 N–H and O–H groups in total. The van der Waals surface area contributed by atoms with Crippen LogP contribution in [0.15, 0.2) is 30.3 Å².